The molecule has 0 aliphatic carbocycles. The summed E-state index contributed by atoms with van der Waals surface area (Å²) in [6.07, 6.45) is 2.33. The van der Waals surface area contributed by atoms with Gasteiger partial charge in [-0.25, -0.2) is 4.39 Å². The Morgan fingerprint density at radius 3 is 2.39 bits per heavy atom. The van der Waals surface area contributed by atoms with Gasteiger partial charge in [0.2, 0.25) is 0 Å². The molecule has 6 heteroatoms. The first-order valence-electron chi connectivity index (χ1n) is 9.35. The highest BCUT2D eigenvalue weighted by atomic mass is 19.1. The predicted molar refractivity (Wildman–Crippen MR) is 107 cm³/mol. The van der Waals surface area contributed by atoms with Crippen LogP contribution in [0.5, 0.6) is 0 Å². The van der Waals surface area contributed by atoms with Crippen LogP contribution in [0.4, 0.5) is 10.1 Å². The van der Waals surface area contributed by atoms with Crippen molar-refractivity contribution >= 4 is 11.6 Å². The molecule has 0 aromatic heterocycles. The van der Waals surface area contributed by atoms with Crippen molar-refractivity contribution in [3.63, 3.8) is 0 Å². The van der Waals surface area contributed by atoms with Gasteiger partial charge in [-0.3, -0.25) is 4.79 Å². The van der Waals surface area contributed by atoms with E-state index in [4.69, 9.17) is 0 Å². The SMILES string of the molecule is N#C/C(=C/NCCc1ccccc1)C(=O)N1CCN(c2ccc(F)cc2)CC1. The molecular formula is C22H23FN4O. The van der Waals surface area contributed by atoms with Crippen LogP contribution in [0.3, 0.4) is 0 Å². The number of hydrogen-bond donors (Lipinski definition) is 1. The molecule has 0 spiro atoms. The fourth-order valence-corrected chi connectivity index (χ4v) is 3.17. The summed E-state index contributed by atoms with van der Waals surface area (Å²) in [4.78, 5) is 16.4. The van der Waals surface area contributed by atoms with Gasteiger partial charge in [-0.15, -0.1) is 0 Å². The molecule has 0 saturated carbocycles. The summed E-state index contributed by atoms with van der Waals surface area (Å²) >= 11 is 0. The second-order valence-corrected chi connectivity index (χ2v) is 6.62. The van der Waals surface area contributed by atoms with Crippen LogP contribution in [0.1, 0.15) is 5.56 Å². The van der Waals surface area contributed by atoms with Crippen LogP contribution in [-0.2, 0) is 11.2 Å². The molecule has 1 heterocycles. The summed E-state index contributed by atoms with van der Waals surface area (Å²) in [5, 5.41) is 12.4. The number of benzene rings is 2. The topological polar surface area (TPSA) is 59.4 Å². The van der Waals surface area contributed by atoms with E-state index < -0.39 is 0 Å². The van der Waals surface area contributed by atoms with Crippen LogP contribution in [0.15, 0.2) is 66.4 Å². The van der Waals surface area contributed by atoms with E-state index in [-0.39, 0.29) is 17.3 Å². The van der Waals surface area contributed by atoms with Crippen molar-refractivity contribution in [2.75, 3.05) is 37.6 Å². The van der Waals surface area contributed by atoms with E-state index in [9.17, 15) is 14.4 Å². The Balaban J connectivity index is 1.49. The maximum atomic E-state index is 13.1. The minimum absolute atomic E-state index is 0.114. The van der Waals surface area contributed by atoms with Crippen LogP contribution in [-0.4, -0.2) is 43.5 Å². The molecule has 28 heavy (non-hydrogen) atoms. The van der Waals surface area contributed by atoms with Gasteiger partial charge in [0.15, 0.2) is 0 Å². The Kier molecular flexibility index (Phi) is 6.64. The van der Waals surface area contributed by atoms with Crippen LogP contribution in [0, 0.1) is 17.1 Å². The van der Waals surface area contributed by atoms with Crippen LogP contribution < -0.4 is 10.2 Å². The molecule has 0 bridgehead atoms. The van der Waals surface area contributed by atoms with Gasteiger partial charge in [0.25, 0.3) is 5.91 Å². The first-order chi connectivity index (χ1) is 13.7. The Labute approximate surface area is 164 Å². The zero-order chi connectivity index (χ0) is 19.8. The average molecular weight is 378 g/mol. The second kappa shape index (κ2) is 9.56. The molecule has 1 saturated heterocycles. The molecule has 2 aromatic rings. The predicted octanol–water partition coefficient (Wildman–Crippen LogP) is 2.71. The van der Waals surface area contributed by atoms with Gasteiger partial charge in [-0.05, 0) is 36.2 Å². The van der Waals surface area contributed by atoms with Crippen molar-refractivity contribution in [2.24, 2.45) is 0 Å². The van der Waals surface area contributed by atoms with Gasteiger partial charge >= 0.3 is 0 Å². The average Bonchev–Trinajstić information content (AvgIpc) is 2.75. The minimum Gasteiger partial charge on any atom is -0.389 e. The van der Waals surface area contributed by atoms with E-state index >= 15 is 0 Å². The Morgan fingerprint density at radius 1 is 1.07 bits per heavy atom. The molecule has 144 valence electrons. The number of amides is 1. The number of hydrogen-bond acceptors (Lipinski definition) is 4. The molecule has 2 aromatic carbocycles. The van der Waals surface area contributed by atoms with Crippen molar-refractivity contribution < 1.29 is 9.18 Å². The van der Waals surface area contributed by atoms with E-state index in [1.54, 1.807) is 17.0 Å². The number of piperazine rings is 1. The van der Waals surface area contributed by atoms with E-state index in [2.05, 4.69) is 10.2 Å². The van der Waals surface area contributed by atoms with Gasteiger partial charge in [0.1, 0.15) is 17.5 Å². The van der Waals surface area contributed by atoms with Gasteiger partial charge in [-0.1, -0.05) is 30.3 Å². The number of nitriles is 1. The Bertz CT molecular complexity index is 850. The highest BCUT2D eigenvalue weighted by molar-refractivity contribution is 5.97. The summed E-state index contributed by atoms with van der Waals surface area (Å²) < 4.78 is 13.1. The number of anilines is 1. The second-order valence-electron chi connectivity index (χ2n) is 6.62. The largest absolute Gasteiger partial charge is 0.389 e. The van der Waals surface area contributed by atoms with Gasteiger partial charge < -0.3 is 15.1 Å². The lowest BCUT2D eigenvalue weighted by Gasteiger charge is -2.36. The summed E-state index contributed by atoms with van der Waals surface area (Å²) in [6.45, 7) is 3.01. The molecule has 1 N–H and O–H groups in total. The first-order valence-corrected chi connectivity index (χ1v) is 9.35. The summed E-state index contributed by atoms with van der Waals surface area (Å²) in [5.74, 6) is -0.519. The van der Waals surface area contributed by atoms with Gasteiger partial charge in [0.05, 0.1) is 0 Å². The maximum Gasteiger partial charge on any atom is 0.266 e. The van der Waals surface area contributed by atoms with Crippen molar-refractivity contribution in [3.8, 4) is 6.07 Å². The lowest BCUT2D eigenvalue weighted by molar-refractivity contribution is -0.127. The number of rotatable bonds is 6. The van der Waals surface area contributed by atoms with Crippen molar-refractivity contribution in [3.05, 3.63) is 77.8 Å². The summed E-state index contributed by atoms with van der Waals surface area (Å²) in [7, 11) is 0. The first kappa shape index (κ1) is 19.4. The smallest absolute Gasteiger partial charge is 0.266 e. The number of carbonyl (C=O) groups excluding carboxylic acids is 1. The number of nitrogens with zero attached hydrogens (tertiary/aromatic N) is 3. The number of halogens is 1. The van der Waals surface area contributed by atoms with E-state index in [1.165, 1.54) is 23.9 Å². The third-order valence-corrected chi connectivity index (χ3v) is 4.76. The molecule has 0 radical (unpaired) electrons. The maximum absolute atomic E-state index is 13.1. The van der Waals surface area contributed by atoms with Crippen LogP contribution in [0.2, 0.25) is 0 Å². The fraction of sp³-hybridized carbons (Fsp3) is 0.273. The molecule has 1 aliphatic heterocycles. The highest BCUT2D eigenvalue weighted by Gasteiger charge is 2.23. The standard InChI is InChI=1S/C22H23FN4O/c23-20-6-8-21(9-7-20)26-12-14-27(15-13-26)22(28)19(16-24)17-25-11-10-18-4-2-1-3-5-18/h1-9,17,25H,10-15H2/b19-17-. The number of carbonyl (C=O) groups is 1. The molecule has 1 fully saturated rings. The third-order valence-electron chi connectivity index (χ3n) is 4.76. The monoisotopic (exact) mass is 378 g/mol. The molecule has 1 aliphatic rings. The molecular weight excluding hydrogens is 355 g/mol. The van der Waals surface area contributed by atoms with Crippen LogP contribution >= 0.6 is 0 Å². The zero-order valence-electron chi connectivity index (χ0n) is 15.6. The zero-order valence-corrected chi connectivity index (χ0v) is 15.6. The lowest BCUT2D eigenvalue weighted by atomic mass is 10.1. The molecule has 1 amide bonds. The third kappa shape index (κ3) is 5.10. The lowest BCUT2D eigenvalue weighted by Crippen LogP contribution is -2.49. The number of nitrogens with one attached hydrogen (secondary N) is 1. The van der Waals surface area contributed by atoms with E-state index in [0.717, 1.165) is 12.1 Å². The highest BCUT2D eigenvalue weighted by Crippen LogP contribution is 2.17. The van der Waals surface area contributed by atoms with Gasteiger partial charge in [0, 0.05) is 44.6 Å². The fourth-order valence-electron chi connectivity index (χ4n) is 3.17. The minimum atomic E-state index is -0.263. The molecule has 5 nitrogen and oxygen atoms in total. The summed E-state index contributed by atoms with van der Waals surface area (Å²) in [6, 6.07) is 18.4. The quantitative estimate of drug-likeness (QED) is 0.477. The van der Waals surface area contributed by atoms with Crippen LogP contribution in [0.25, 0.3) is 0 Å². The normalized spacial score (nSPS) is 14.5. The Morgan fingerprint density at radius 2 is 1.75 bits per heavy atom. The van der Waals surface area contributed by atoms with Crippen molar-refractivity contribution in [1.29, 1.82) is 5.26 Å². The van der Waals surface area contributed by atoms with E-state index in [1.807, 2.05) is 36.4 Å². The summed E-state index contributed by atoms with van der Waals surface area (Å²) in [5.41, 5.74) is 2.25. The van der Waals surface area contributed by atoms with Gasteiger partial charge in [-0.2, -0.15) is 5.26 Å². The molecule has 3 rings (SSSR count). The van der Waals surface area contributed by atoms with E-state index in [0.29, 0.717) is 32.7 Å². The van der Waals surface area contributed by atoms with Crippen molar-refractivity contribution in [2.45, 2.75) is 6.42 Å². The Hall–Kier alpha value is -3.33. The van der Waals surface area contributed by atoms with Crippen molar-refractivity contribution in [1.82, 2.24) is 10.2 Å². The molecule has 0 unspecified atom stereocenters. The molecule has 0 atom stereocenters.